The molecule has 7 rings (SSSR count). The van der Waals surface area contributed by atoms with Crippen LogP contribution >= 0.6 is 15.8 Å². The van der Waals surface area contributed by atoms with Gasteiger partial charge in [0.1, 0.15) is 0 Å². The number of esters is 2. The molecule has 0 saturated heterocycles. The van der Waals surface area contributed by atoms with Gasteiger partial charge < -0.3 is 9.47 Å². The fourth-order valence-electron chi connectivity index (χ4n) is 8.45. The SMILES string of the molecule is CCOC(=O)[C@@H]1[C@@H](C(=O)OCC)[C@@H](c2ccccc2P(c2cccc(C)c2)c2cccc(C)c2)[C@@H]1c1ccccc1P(c1cccc(C)c1)c1cccc(C)c1. The predicted octanol–water partition coefficient (Wildman–Crippen LogP) is 8.68. The highest BCUT2D eigenvalue weighted by Crippen LogP contribution is 2.60. The fourth-order valence-corrected chi connectivity index (χ4v) is 13.9. The lowest BCUT2D eigenvalue weighted by molar-refractivity contribution is -0.171. The Balaban J connectivity index is 1.49. The molecule has 56 heavy (non-hydrogen) atoms. The molecule has 6 aromatic carbocycles. The minimum atomic E-state index is -1.04. The van der Waals surface area contributed by atoms with E-state index in [1.165, 1.54) is 54.1 Å². The van der Waals surface area contributed by atoms with Gasteiger partial charge >= 0.3 is 11.9 Å². The largest absolute Gasteiger partial charge is 0.466 e. The Kier molecular flexibility index (Phi) is 12.3. The van der Waals surface area contributed by atoms with E-state index >= 15 is 0 Å². The molecule has 1 fully saturated rings. The van der Waals surface area contributed by atoms with E-state index in [1.807, 2.05) is 13.8 Å². The Morgan fingerprint density at radius 2 is 0.750 bits per heavy atom. The summed E-state index contributed by atoms with van der Waals surface area (Å²) in [6.07, 6.45) is 0. The molecule has 4 atom stereocenters. The monoisotopic (exact) mass is 776 g/mol. The maximum absolute atomic E-state index is 14.3. The van der Waals surface area contributed by atoms with Crippen molar-refractivity contribution < 1.29 is 19.1 Å². The summed E-state index contributed by atoms with van der Waals surface area (Å²) in [5, 5.41) is 7.33. The first-order chi connectivity index (χ1) is 27.2. The summed E-state index contributed by atoms with van der Waals surface area (Å²) in [7, 11) is -2.08. The van der Waals surface area contributed by atoms with E-state index < -0.39 is 27.7 Å². The van der Waals surface area contributed by atoms with Crippen molar-refractivity contribution in [3.05, 3.63) is 179 Å². The minimum Gasteiger partial charge on any atom is -0.466 e. The molecule has 0 bridgehead atoms. The topological polar surface area (TPSA) is 52.6 Å². The third-order valence-electron chi connectivity index (χ3n) is 10.8. The minimum absolute atomic E-state index is 0.228. The Morgan fingerprint density at radius 3 is 1.04 bits per heavy atom. The second kappa shape index (κ2) is 17.5. The molecule has 0 unspecified atom stereocenters. The molecule has 4 nitrogen and oxygen atoms in total. The van der Waals surface area contributed by atoms with E-state index in [4.69, 9.17) is 9.47 Å². The van der Waals surface area contributed by atoms with E-state index in [-0.39, 0.29) is 37.0 Å². The average molecular weight is 777 g/mol. The molecule has 0 spiro atoms. The molecule has 1 aliphatic rings. The van der Waals surface area contributed by atoms with Crippen LogP contribution in [0.4, 0.5) is 0 Å². The summed E-state index contributed by atoms with van der Waals surface area (Å²) in [5.74, 6) is -2.82. The molecule has 6 heteroatoms. The van der Waals surface area contributed by atoms with Gasteiger partial charge in [-0.1, -0.05) is 168 Å². The standard InChI is InChI=1S/C50H50O4P2/c1-7-53-49(51)47-45(41-25-9-11-27-43(41)55(37-21-13-17-33(3)29-37)38-22-14-18-34(4)30-38)46(48(47)50(52)54-8-2)42-26-10-12-28-44(42)56(39-23-15-19-35(5)31-39)40-24-16-20-36(6)32-40/h9-32,45-48H,7-8H2,1-6H3/t45-,46-,47-,48-/m0/s1. The van der Waals surface area contributed by atoms with E-state index in [2.05, 4.69) is 173 Å². The van der Waals surface area contributed by atoms with Crippen LogP contribution in [-0.2, 0) is 19.1 Å². The van der Waals surface area contributed by atoms with Crippen molar-refractivity contribution in [2.24, 2.45) is 11.8 Å². The zero-order valence-electron chi connectivity index (χ0n) is 33.1. The molecular formula is C50H50O4P2. The lowest BCUT2D eigenvalue weighted by Crippen LogP contribution is -2.54. The number of rotatable bonds is 12. The van der Waals surface area contributed by atoms with Crippen molar-refractivity contribution in [2.75, 3.05) is 13.2 Å². The number of hydrogen-bond acceptors (Lipinski definition) is 4. The Hall–Kier alpha value is -4.88. The summed E-state index contributed by atoms with van der Waals surface area (Å²) in [4.78, 5) is 28.7. The molecule has 1 saturated carbocycles. The van der Waals surface area contributed by atoms with Crippen LogP contribution in [0.25, 0.3) is 0 Å². The zero-order valence-corrected chi connectivity index (χ0v) is 34.9. The van der Waals surface area contributed by atoms with Crippen LogP contribution in [0.2, 0.25) is 0 Å². The molecule has 0 N–H and O–H groups in total. The summed E-state index contributed by atoms with van der Waals surface area (Å²) in [5.41, 5.74) is 6.95. The Bertz CT molecular complexity index is 2090. The number of ether oxygens (including phenoxy) is 2. The van der Waals surface area contributed by atoms with Gasteiger partial charge in [-0.3, -0.25) is 9.59 Å². The predicted molar refractivity (Wildman–Crippen MR) is 235 cm³/mol. The number of carbonyl (C=O) groups is 2. The van der Waals surface area contributed by atoms with Crippen molar-refractivity contribution in [1.82, 2.24) is 0 Å². The number of hydrogen-bond donors (Lipinski definition) is 0. The van der Waals surface area contributed by atoms with E-state index in [0.717, 1.165) is 11.1 Å². The number of benzene rings is 6. The molecule has 0 aromatic heterocycles. The normalized spacial score (nSPS) is 17.7. The van der Waals surface area contributed by atoms with Crippen molar-refractivity contribution in [3.63, 3.8) is 0 Å². The Morgan fingerprint density at radius 1 is 0.446 bits per heavy atom. The van der Waals surface area contributed by atoms with E-state index in [9.17, 15) is 9.59 Å². The highest BCUT2D eigenvalue weighted by Gasteiger charge is 2.61. The van der Waals surface area contributed by atoms with Gasteiger partial charge in [-0.25, -0.2) is 0 Å². The molecule has 6 aromatic rings. The fraction of sp³-hybridized carbons (Fsp3) is 0.240. The first-order valence-corrected chi connectivity index (χ1v) is 22.3. The smallest absolute Gasteiger partial charge is 0.310 e. The van der Waals surface area contributed by atoms with Crippen LogP contribution in [0.1, 0.15) is 59.1 Å². The van der Waals surface area contributed by atoms with Gasteiger partial charge in [0.05, 0.1) is 25.0 Å². The maximum atomic E-state index is 14.3. The van der Waals surface area contributed by atoms with E-state index in [1.54, 1.807) is 0 Å². The quantitative estimate of drug-likeness (QED) is 0.0923. The van der Waals surface area contributed by atoms with Gasteiger partial charge in [-0.2, -0.15) is 0 Å². The molecule has 0 heterocycles. The average Bonchev–Trinajstić information content (AvgIpc) is 3.16. The first kappa shape index (κ1) is 39.4. The van der Waals surface area contributed by atoms with Crippen LogP contribution < -0.4 is 31.8 Å². The van der Waals surface area contributed by atoms with Gasteiger partial charge in [0.2, 0.25) is 0 Å². The molecule has 0 radical (unpaired) electrons. The maximum Gasteiger partial charge on any atom is 0.310 e. The highest BCUT2D eigenvalue weighted by atomic mass is 31.1. The van der Waals surface area contributed by atoms with Gasteiger partial charge in [-0.15, -0.1) is 0 Å². The van der Waals surface area contributed by atoms with Crippen LogP contribution in [0.5, 0.6) is 0 Å². The molecule has 1 aliphatic carbocycles. The van der Waals surface area contributed by atoms with Gasteiger partial charge in [0.25, 0.3) is 0 Å². The van der Waals surface area contributed by atoms with E-state index in [0.29, 0.717) is 0 Å². The summed E-state index contributed by atoms with van der Waals surface area (Å²) in [6.45, 7) is 12.7. The molecular weight excluding hydrogens is 726 g/mol. The summed E-state index contributed by atoms with van der Waals surface area (Å²) in [6, 6.07) is 52.4. The lowest BCUT2D eigenvalue weighted by Gasteiger charge is -2.51. The number of aryl methyl sites for hydroxylation is 4. The van der Waals surface area contributed by atoms with Gasteiger partial charge in [0, 0.05) is 11.8 Å². The van der Waals surface area contributed by atoms with Crippen LogP contribution in [0.15, 0.2) is 146 Å². The summed E-state index contributed by atoms with van der Waals surface area (Å²) >= 11 is 0. The van der Waals surface area contributed by atoms with Crippen molar-refractivity contribution in [2.45, 2.75) is 53.4 Å². The zero-order chi connectivity index (χ0) is 39.3. The molecule has 284 valence electrons. The highest BCUT2D eigenvalue weighted by molar-refractivity contribution is 7.80. The van der Waals surface area contributed by atoms with Crippen LogP contribution in [-0.4, -0.2) is 25.2 Å². The summed E-state index contributed by atoms with van der Waals surface area (Å²) < 4.78 is 11.7. The Labute approximate surface area is 334 Å². The van der Waals surface area contributed by atoms with Gasteiger partial charge in [-0.05, 0) is 100 Å². The molecule has 0 amide bonds. The van der Waals surface area contributed by atoms with Crippen molar-refractivity contribution >= 4 is 59.6 Å². The lowest BCUT2D eigenvalue weighted by atomic mass is 9.52. The van der Waals surface area contributed by atoms with Crippen molar-refractivity contribution in [1.29, 1.82) is 0 Å². The third-order valence-corrected chi connectivity index (χ3v) is 15.7. The third kappa shape index (κ3) is 8.02. The molecule has 0 aliphatic heterocycles. The second-order valence-corrected chi connectivity index (χ2v) is 19.1. The van der Waals surface area contributed by atoms with Crippen LogP contribution in [0, 0.1) is 39.5 Å². The second-order valence-electron chi connectivity index (χ2n) is 14.8. The number of carbonyl (C=O) groups excluding carboxylic acids is 2. The first-order valence-electron chi connectivity index (χ1n) is 19.6. The van der Waals surface area contributed by atoms with Gasteiger partial charge in [0.15, 0.2) is 0 Å². The van der Waals surface area contributed by atoms with Crippen LogP contribution in [0.3, 0.4) is 0 Å². The van der Waals surface area contributed by atoms with Crippen molar-refractivity contribution in [3.8, 4) is 0 Å².